The molecule has 3 rings (SSSR count). The Morgan fingerprint density at radius 2 is 1.30 bits per heavy atom. The molecule has 0 spiro atoms. The number of nitrogens with zero attached hydrogens (tertiary/aromatic N) is 1. The highest BCUT2D eigenvalue weighted by molar-refractivity contribution is 7.80. The van der Waals surface area contributed by atoms with Crippen molar-refractivity contribution in [3.63, 3.8) is 0 Å². The number of aliphatic carboxylic acids is 1. The van der Waals surface area contributed by atoms with Gasteiger partial charge >= 0.3 is 12.0 Å². The van der Waals surface area contributed by atoms with Gasteiger partial charge in [-0.2, -0.15) is 12.6 Å². The number of phenols is 1. The van der Waals surface area contributed by atoms with Gasteiger partial charge in [0.05, 0.1) is 6.04 Å². The Balaban J connectivity index is 1.93. The lowest BCUT2D eigenvalue weighted by Crippen LogP contribution is -2.60. The van der Waals surface area contributed by atoms with Crippen molar-refractivity contribution in [3.05, 3.63) is 65.7 Å². The van der Waals surface area contributed by atoms with Crippen molar-refractivity contribution in [3.8, 4) is 5.75 Å². The molecule has 0 bridgehead atoms. The second-order valence-corrected chi connectivity index (χ2v) is 13.9. The average molecular weight is 814 g/mol. The molecule has 0 unspecified atom stereocenters. The summed E-state index contributed by atoms with van der Waals surface area (Å²) in [5.41, 5.74) is 17.4. The number of nitrogens with two attached hydrogens (primary N) is 3. The normalized spacial score (nSPS) is 16.2. The zero-order chi connectivity index (χ0) is 42.1. The van der Waals surface area contributed by atoms with E-state index in [2.05, 4.69) is 39.2 Å². The van der Waals surface area contributed by atoms with Crippen LogP contribution in [-0.2, 0) is 46.4 Å². The van der Waals surface area contributed by atoms with Gasteiger partial charge in [0.25, 0.3) is 0 Å². The molecule has 13 N–H and O–H groups in total. The van der Waals surface area contributed by atoms with Gasteiger partial charge < -0.3 is 58.9 Å². The number of aromatic hydroxyl groups is 1. The van der Waals surface area contributed by atoms with Gasteiger partial charge in [0.15, 0.2) is 0 Å². The fraction of sp³-hybridized carbons (Fsp3) is 0.459. The van der Waals surface area contributed by atoms with Crippen molar-refractivity contribution in [1.82, 2.24) is 31.5 Å². The fourth-order valence-electron chi connectivity index (χ4n) is 6.13. The Morgan fingerprint density at radius 1 is 0.754 bits per heavy atom. The van der Waals surface area contributed by atoms with E-state index in [4.69, 9.17) is 17.2 Å². The summed E-state index contributed by atoms with van der Waals surface area (Å²) in [5.74, 6) is -6.05. The van der Waals surface area contributed by atoms with Crippen LogP contribution in [0.4, 0.5) is 4.79 Å². The number of carboxylic acid groups (broad SMARTS) is 1. The fourth-order valence-corrected chi connectivity index (χ4v) is 6.30. The minimum atomic E-state index is -1.48. The first kappa shape index (κ1) is 45.5. The number of hydrogen-bond donors (Lipinski definition) is 11. The number of primary amides is 2. The second kappa shape index (κ2) is 22.6. The molecule has 0 radical (unpaired) electrons. The van der Waals surface area contributed by atoms with Gasteiger partial charge in [-0.1, -0.05) is 42.5 Å². The molecule has 2 aromatic rings. The summed E-state index contributed by atoms with van der Waals surface area (Å²) >= 11 is 4.01. The number of benzene rings is 2. The Bertz CT molecular complexity index is 1730. The molecule has 19 nitrogen and oxygen atoms in total. The topological polar surface area (TPSA) is 318 Å². The number of carbonyl (C=O) groups is 8. The molecule has 57 heavy (non-hydrogen) atoms. The predicted molar refractivity (Wildman–Crippen MR) is 209 cm³/mol. The van der Waals surface area contributed by atoms with Gasteiger partial charge in [-0.15, -0.1) is 0 Å². The summed E-state index contributed by atoms with van der Waals surface area (Å²) in [6, 6.07) is 6.10. The maximum atomic E-state index is 14.2. The molecule has 0 saturated carbocycles. The van der Waals surface area contributed by atoms with Gasteiger partial charge in [-0.05, 0) is 55.4 Å². The molecular formula is C37H51N9O10S. The minimum absolute atomic E-state index is 0.00956. The monoisotopic (exact) mass is 813 g/mol. The van der Waals surface area contributed by atoms with E-state index in [1.165, 1.54) is 29.2 Å². The summed E-state index contributed by atoms with van der Waals surface area (Å²) in [6.07, 6.45) is -0.0563. The first-order chi connectivity index (χ1) is 27.1. The number of carboxylic acids is 1. The van der Waals surface area contributed by atoms with E-state index in [0.717, 1.165) is 0 Å². The number of carbonyl (C=O) groups excluding carboxylic acids is 7. The highest BCUT2D eigenvalue weighted by Gasteiger charge is 2.39. The van der Waals surface area contributed by atoms with Crippen molar-refractivity contribution in [1.29, 1.82) is 0 Å². The molecule has 0 aromatic heterocycles. The lowest BCUT2D eigenvalue weighted by molar-refractivity contribution is -0.149. The van der Waals surface area contributed by atoms with Crippen LogP contribution in [0.1, 0.15) is 49.7 Å². The number of phenolic OH excluding ortho intramolecular Hbond substituents is 1. The van der Waals surface area contributed by atoms with Crippen LogP contribution in [0.2, 0.25) is 0 Å². The SMILES string of the molecule is NC(=O)CC[C@H](NC(=O)[C@H](CCCNC(N)=O)NC(=O)[C@@H](N)CS)C(=O)N[C@@H](Cc1ccc(O)cc1)C(=O)N[C@@H](Cc1ccccc1)C(=O)N1CCC[C@H]1C(=O)O. The van der Waals surface area contributed by atoms with E-state index in [-0.39, 0.29) is 69.5 Å². The highest BCUT2D eigenvalue weighted by Crippen LogP contribution is 2.20. The van der Waals surface area contributed by atoms with Crippen molar-refractivity contribution >= 4 is 60.1 Å². The summed E-state index contributed by atoms with van der Waals surface area (Å²) in [4.78, 5) is 105. The predicted octanol–water partition coefficient (Wildman–Crippen LogP) is -1.84. The van der Waals surface area contributed by atoms with Gasteiger partial charge in [-0.3, -0.25) is 28.8 Å². The number of nitrogens with one attached hydrogen (secondary N) is 5. The van der Waals surface area contributed by atoms with E-state index in [1.54, 1.807) is 30.3 Å². The van der Waals surface area contributed by atoms with Crippen LogP contribution in [0, 0.1) is 0 Å². The second-order valence-electron chi connectivity index (χ2n) is 13.6. The number of thiol groups is 1. The van der Waals surface area contributed by atoms with Crippen LogP contribution in [0.3, 0.4) is 0 Å². The lowest BCUT2D eigenvalue weighted by atomic mass is 10.0. The van der Waals surface area contributed by atoms with Crippen LogP contribution in [0.25, 0.3) is 0 Å². The van der Waals surface area contributed by atoms with Gasteiger partial charge in [0.1, 0.15) is 36.0 Å². The molecule has 0 aliphatic carbocycles. The van der Waals surface area contributed by atoms with Crippen LogP contribution < -0.4 is 43.8 Å². The molecular weight excluding hydrogens is 763 g/mol. The van der Waals surface area contributed by atoms with Gasteiger partial charge in [-0.25, -0.2) is 9.59 Å². The largest absolute Gasteiger partial charge is 0.508 e. The quantitative estimate of drug-likeness (QED) is 0.0464. The van der Waals surface area contributed by atoms with Crippen LogP contribution in [-0.4, -0.2) is 118 Å². The maximum absolute atomic E-state index is 14.2. The molecule has 1 saturated heterocycles. The minimum Gasteiger partial charge on any atom is -0.508 e. The molecule has 1 fully saturated rings. The van der Waals surface area contributed by atoms with Crippen molar-refractivity contribution in [2.24, 2.45) is 17.2 Å². The van der Waals surface area contributed by atoms with Crippen LogP contribution in [0.15, 0.2) is 54.6 Å². The zero-order valence-electron chi connectivity index (χ0n) is 31.2. The van der Waals surface area contributed by atoms with Crippen molar-refractivity contribution in [2.75, 3.05) is 18.8 Å². The first-order valence-corrected chi connectivity index (χ1v) is 19.0. The summed E-state index contributed by atoms with van der Waals surface area (Å²) in [7, 11) is 0. The Morgan fingerprint density at radius 3 is 1.89 bits per heavy atom. The molecule has 8 amide bonds. The first-order valence-electron chi connectivity index (χ1n) is 18.3. The Labute approximate surface area is 334 Å². The highest BCUT2D eigenvalue weighted by atomic mass is 32.1. The number of hydrogen-bond acceptors (Lipinski definition) is 11. The summed E-state index contributed by atoms with van der Waals surface area (Å²) in [6.45, 7) is 0.214. The average Bonchev–Trinajstić information content (AvgIpc) is 3.68. The number of likely N-dealkylation sites (tertiary alicyclic amines) is 1. The molecule has 1 aliphatic rings. The third-order valence-electron chi connectivity index (χ3n) is 9.17. The molecule has 2 aromatic carbocycles. The number of rotatable bonds is 22. The lowest BCUT2D eigenvalue weighted by Gasteiger charge is -2.29. The van der Waals surface area contributed by atoms with Crippen molar-refractivity contribution < 1.29 is 48.6 Å². The van der Waals surface area contributed by atoms with E-state index in [9.17, 15) is 48.6 Å². The van der Waals surface area contributed by atoms with E-state index in [0.29, 0.717) is 17.5 Å². The molecule has 1 aliphatic heterocycles. The standard InChI is InChI=1S/C37H51N9O10S/c38-24(20-57)31(49)42-25(8-4-16-41-37(40)56)32(50)43-26(14-15-30(39)48)33(51)44-27(18-22-10-12-23(47)13-11-22)34(52)45-28(19-21-6-2-1-3-7-21)35(53)46-17-5-9-29(46)36(54)55/h1-3,6-7,10-13,24-29,47,57H,4-5,8-9,14-20,38H2,(H2,39,48)(H,42,49)(H,43,50)(H,44,51)(H,45,52)(H,54,55)(H3,40,41,56)/t24-,25-,26-,27-,28-,29-/m0/s1. The van der Waals surface area contributed by atoms with Crippen LogP contribution in [0.5, 0.6) is 5.75 Å². The number of amides is 8. The van der Waals surface area contributed by atoms with Gasteiger partial charge in [0.2, 0.25) is 35.4 Å². The Hall–Kier alpha value is -5.89. The zero-order valence-corrected chi connectivity index (χ0v) is 32.1. The third-order valence-corrected chi connectivity index (χ3v) is 9.57. The summed E-state index contributed by atoms with van der Waals surface area (Å²) < 4.78 is 0. The van der Waals surface area contributed by atoms with E-state index < -0.39 is 83.7 Å². The van der Waals surface area contributed by atoms with Crippen molar-refractivity contribution in [2.45, 2.75) is 87.6 Å². The molecule has 310 valence electrons. The Kier molecular flexibility index (Phi) is 18.0. The van der Waals surface area contributed by atoms with E-state index in [1.807, 2.05) is 0 Å². The van der Waals surface area contributed by atoms with Crippen LogP contribution >= 0.6 is 12.6 Å². The maximum Gasteiger partial charge on any atom is 0.326 e. The van der Waals surface area contributed by atoms with E-state index >= 15 is 0 Å². The molecule has 20 heteroatoms. The third kappa shape index (κ3) is 14.9. The summed E-state index contributed by atoms with van der Waals surface area (Å²) in [5, 5.41) is 32.3. The number of urea groups is 1. The smallest absolute Gasteiger partial charge is 0.326 e. The van der Waals surface area contributed by atoms with Gasteiger partial charge in [0, 0.05) is 38.1 Å². The molecule has 1 heterocycles. The molecule has 6 atom stereocenters.